The maximum atomic E-state index is 12.9. The fraction of sp³-hybridized carbons (Fsp3) is 0.235. The first-order chi connectivity index (χ1) is 10.8. The van der Waals surface area contributed by atoms with Gasteiger partial charge in [-0.1, -0.05) is 17.7 Å². The summed E-state index contributed by atoms with van der Waals surface area (Å²) in [4.78, 5) is 11.3. The molecule has 1 aliphatic heterocycles. The standard InChI is InChI=1S/C17H17NO4S/c1-11-3-6-15(7-4-11)23(21,22)18-12(2)9-14-10-13(17(19)20)5-8-16(14)18/h3-8,10,12H,9H2,1-2H3,(H,19,20). The van der Waals surface area contributed by atoms with Gasteiger partial charge in [0.2, 0.25) is 0 Å². The van der Waals surface area contributed by atoms with Crippen LogP contribution >= 0.6 is 0 Å². The predicted octanol–water partition coefficient (Wildman–Crippen LogP) is 2.83. The van der Waals surface area contributed by atoms with Gasteiger partial charge in [-0.3, -0.25) is 4.31 Å². The van der Waals surface area contributed by atoms with Crippen molar-refractivity contribution in [1.29, 1.82) is 0 Å². The van der Waals surface area contributed by atoms with Crippen molar-refractivity contribution in [3.8, 4) is 0 Å². The Balaban J connectivity index is 2.08. The Labute approximate surface area is 135 Å². The van der Waals surface area contributed by atoms with Gasteiger partial charge in [-0.05, 0) is 56.2 Å². The van der Waals surface area contributed by atoms with Gasteiger partial charge in [0.05, 0.1) is 16.1 Å². The highest BCUT2D eigenvalue weighted by Crippen LogP contribution is 2.37. The molecular formula is C17H17NO4S. The lowest BCUT2D eigenvalue weighted by molar-refractivity contribution is 0.0697. The Kier molecular flexibility index (Phi) is 3.64. The van der Waals surface area contributed by atoms with Crippen LogP contribution in [0.5, 0.6) is 0 Å². The van der Waals surface area contributed by atoms with Crippen molar-refractivity contribution >= 4 is 21.7 Å². The normalized spacial score (nSPS) is 17.1. The number of aryl methyl sites for hydroxylation is 1. The molecule has 6 heteroatoms. The van der Waals surface area contributed by atoms with Crippen LogP contribution in [0.1, 0.15) is 28.4 Å². The molecule has 0 spiro atoms. The fourth-order valence-electron chi connectivity index (χ4n) is 2.93. The van der Waals surface area contributed by atoms with E-state index in [1.165, 1.54) is 10.4 Å². The fourth-order valence-corrected chi connectivity index (χ4v) is 4.62. The lowest BCUT2D eigenvalue weighted by Crippen LogP contribution is -2.35. The number of hydrogen-bond donors (Lipinski definition) is 1. The van der Waals surface area contributed by atoms with E-state index in [2.05, 4.69) is 0 Å². The molecule has 1 heterocycles. The van der Waals surface area contributed by atoms with Crippen molar-refractivity contribution in [2.75, 3.05) is 4.31 Å². The highest BCUT2D eigenvalue weighted by atomic mass is 32.2. The number of fused-ring (bicyclic) bond motifs is 1. The summed E-state index contributed by atoms with van der Waals surface area (Å²) >= 11 is 0. The van der Waals surface area contributed by atoms with E-state index >= 15 is 0 Å². The first-order valence-corrected chi connectivity index (χ1v) is 8.72. The molecule has 3 rings (SSSR count). The van der Waals surface area contributed by atoms with E-state index in [-0.39, 0.29) is 16.5 Å². The number of nitrogens with zero attached hydrogens (tertiary/aromatic N) is 1. The molecule has 2 aromatic carbocycles. The van der Waals surface area contributed by atoms with Crippen molar-refractivity contribution in [2.45, 2.75) is 31.2 Å². The molecule has 120 valence electrons. The quantitative estimate of drug-likeness (QED) is 0.938. The zero-order valence-electron chi connectivity index (χ0n) is 12.9. The molecule has 0 bridgehead atoms. The molecule has 0 fully saturated rings. The highest BCUT2D eigenvalue weighted by Gasteiger charge is 2.36. The molecular weight excluding hydrogens is 314 g/mol. The van der Waals surface area contributed by atoms with Crippen LogP contribution in [-0.4, -0.2) is 25.5 Å². The molecule has 0 amide bonds. The predicted molar refractivity (Wildman–Crippen MR) is 87.4 cm³/mol. The topological polar surface area (TPSA) is 74.7 Å². The smallest absolute Gasteiger partial charge is 0.335 e. The minimum absolute atomic E-state index is 0.172. The molecule has 1 unspecified atom stereocenters. The zero-order chi connectivity index (χ0) is 16.8. The van der Waals surface area contributed by atoms with Crippen molar-refractivity contribution in [3.05, 3.63) is 59.2 Å². The number of rotatable bonds is 3. The number of benzene rings is 2. The SMILES string of the molecule is Cc1ccc(S(=O)(=O)N2c3ccc(C(=O)O)cc3CC2C)cc1. The summed E-state index contributed by atoms with van der Waals surface area (Å²) < 4.78 is 27.3. The van der Waals surface area contributed by atoms with Crippen molar-refractivity contribution in [1.82, 2.24) is 0 Å². The Morgan fingerprint density at radius 3 is 2.43 bits per heavy atom. The molecule has 5 nitrogen and oxygen atoms in total. The van der Waals surface area contributed by atoms with Crippen LogP contribution in [0.4, 0.5) is 5.69 Å². The number of aromatic carboxylic acids is 1. The summed E-state index contributed by atoms with van der Waals surface area (Å²) in [6, 6.07) is 11.1. The molecule has 2 aromatic rings. The zero-order valence-corrected chi connectivity index (χ0v) is 13.7. The Hall–Kier alpha value is -2.34. The first kappa shape index (κ1) is 15.6. The minimum Gasteiger partial charge on any atom is -0.478 e. The second-order valence-corrected chi connectivity index (χ2v) is 7.63. The minimum atomic E-state index is -3.67. The first-order valence-electron chi connectivity index (χ1n) is 7.28. The van der Waals surface area contributed by atoms with Gasteiger partial charge < -0.3 is 5.11 Å². The van der Waals surface area contributed by atoms with Crippen molar-refractivity contribution < 1.29 is 18.3 Å². The molecule has 0 aromatic heterocycles. The van der Waals surface area contributed by atoms with E-state index < -0.39 is 16.0 Å². The van der Waals surface area contributed by atoms with Gasteiger partial charge >= 0.3 is 5.97 Å². The molecule has 0 saturated heterocycles. The number of carbonyl (C=O) groups is 1. The third-order valence-electron chi connectivity index (χ3n) is 4.06. The summed E-state index contributed by atoms with van der Waals surface area (Å²) in [7, 11) is -3.67. The van der Waals surface area contributed by atoms with E-state index in [1.54, 1.807) is 36.4 Å². The monoisotopic (exact) mass is 331 g/mol. The third-order valence-corrected chi connectivity index (χ3v) is 6.00. The van der Waals surface area contributed by atoms with Crippen molar-refractivity contribution in [2.24, 2.45) is 0 Å². The van der Waals surface area contributed by atoms with Crippen LogP contribution in [0.3, 0.4) is 0 Å². The third kappa shape index (κ3) is 2.59. The van der Waals surface area contributed by atoms with Crippen LogP contribution in [0.2, 0.25) is 0 Å². The number of carboxylic acids is 1. The van der Waals surface area contributed by atoms with Crippen molar-refractivity contribution in [3.63, 3.8) is 0 Å². The van der Waals surface area contributed by atoms with Crippen LogP contribution in [0.15, 0.2) is 47.4 Å². The second kappa shape index (κ2) is 5.38. The molecule has 1 N–H and O–H groups in total. The molecule has 0 saturated carbocycles. The number of hydrogen-bond acceptors (Lipinski definition) is 3. The van der Waals surface area contributed by atoms with Gasteiger partial charge in [-0.15, -0.1) is 0 Å². The van der Waals surface area contributed by atoms with E-state index in [4.69, 9.17) is 5.11 Å². The Bertz CT molecular complexity index is 872. The summed E-state index contributed by atoms with van der Waals surface area (Å²) in [5.41, 5.74) is 2.46. The van der Waals surface area contributed by atoms with E-state index in [1.807, 2.05) is 13.8 Å². The Morgan fingerprint density at radius 2 is 1.83 bits per heavy atom. The number of sulfonamides is 1. The lowest BCUT2D eigenvalue weighted by atomic mass is 10.1. The van der Waals surface area contributed by atoms with Gasteiger partial charge in [0.25, 0.3) is 10.0 Å². The largest absolute Gasteiger partial charge is 0.478 e. The number of anilines is 1. The second-order valence-electron chi connectivity index (χ2n) is 5.82. The van der Waals surface area contributed by atoms with Gasteiger partial charge in [0, 0.05) is 6.04 Å². The Morgan fingerprint density at radius 1 is 1.17 bits per heavy atom. The maximum absolute atomic E-state index is 12.9. The van der Waals surface area contributed by atoms with Gasteiger partial charge in [-0.2, -0.15) is 0 Å². The molecule has 1 aliphatic rings. The summed E-state index contributed by atoms with van der Waals surface area (Å²) in [5, 5.41) is 9.08. The molecule has 0 aliphatic carbocycles. The van der Waals surface area contributed by atoms with Crippen LogP contribution < -0.4 is 4.31 Å². The summed E-state index contributed by atoms with van der Waals surface area (Å²) in [6.45, 7) is 3.73. The average Bonchev–Trinajstić information content (AvgIpc) is 2.83. The van der Waals surface area contributed by atoms with E-state index in [0.717, 1.165) is 11.1 Å². The van der Waals surface area contributed by atoms with Gasteiger partial charge in [0.15, 0.2) is 0 Å². The average molecular weight is 331 g/mol. The summed E-state index contributed by atoms with van der Waals surface area (Å²) in [5.74, 6) is -1.01. The molecule has 0 radical (unpaired) electrons. The van der Waals surface area contributed by atoms with Crippen LogP contribution in [0.25, 0.3) is 0 Å². The molecule has 1 atom stereocenters. The van der Waals surface area contributed by atoms with E-state index in [0.29, 0.717) is 12.1 Å². The van der Waals surface area contributed by atoms with Crippen LogP contribution in [0, 0.1) is 6.92 Å². The van der Waals surface area contributed by atoms with Gasteiger partial charge in [-0.25, -0.2) is 13.2 Å². The molecule has 23 heavy (non-hydrogen) atoms. The van der Waals surface area contributed by atoms with Gasteiger partial charge in [0.1, 0.15) is 0 Å². The summed E-state index contributed by atoms with van der Waals surface area (Å²) in [6.07, 6.45) is 0.502. The number of carboxylic acid groups (broad SMARTS) is 1. The van der Waals surface area contributed by atoms with Crippen LogP contribution in [-0.2, 0) is 16.4 Å². The lowest BCUT2D eigenvalue weighted by Gasteiger charge is -2.24. The van der Waals surface area contributed by atoms with E-state index in [9.17, 15) is 13.2 Å². The maximum Gasteiger partial charge on any atom is 0.335 e. The highest BCUT2D eigenvalue weighted by molar-refractivity contribution is 7.92.